The van der Waals surface area contributed by atoms with E-state index in [1.54, 1.807) is 24.3 Å². The number of para-hydroxylation sites is 1. The van der Waals surface area contributed by atoms with Crippen LogP contribution in [0.3, 0.4) is 0 Å². The van der Waals surface area contributed by atoms with Gasteiger partial charge in [0.2, 0.25) is 0 Å². The largest absolute Gasteiger partial charge is 0.465 e. The molecule has 0 radical (unpaired) electrons. The van der Waals surface area contributed by atoms with E-state index in [-0.39, 0.29) is 0 Å². The third-order valence-electron chi connectivity index (χ3n) is 3.33. The third-order valence-corrected chi connectivity index (χ3v) is 3.88. The van der Waals surface area contributed by atoms with E-state index in [2.05, 4.69) is 4.98 Å². The molecule has 0 fully saturated rings. The van der Waals surface area contributed by atoms with Crippen molar-refractivity contribution in [2.75, 3.05) is 7.11 Å². The van der Waals surface area contributed by atoms with Gasteiger partial charge in [0.15, 0.2) is 0 Å². The maximum absolute atomic E-state index is 12.0. The summed E-state index contributed by atoms with van der Waals surface area (Å²) in [6, 6.07) is 14.2. The van der Waals surface area contributed by atoms with E-state index < -0.39 is 5.97 Å². The summed E-state index contributed by atoms with van der Waals surface area (Å²) < 4.78 is 4.86. The van der Waals surface area contributed by atoms with E-state index in [9.17, 15) is 4.79 Å². The number of carbonyl (C=O) groups is 1. The molecule has 0 unspecified atom stereocenters. The van der Waals surface area contributed by atoms with Crippen LogP contribution in [0.15, 0.2) is 48.5 Å². The zero-order valence-electron chi connectivity index (χ0n) is 11.6. The van der Waals surface area contributed by atoms with Gasteiger partial charge in [-0.05, 0) is 30.3 Å². The molecule has 3 nitrogen and oxygen atoms in total. The monoisotopic (exact) mass is 331 g/mol. The fourth-order valence-electron chi connectivity index (χ4n) is 2.29. The number of ether oxygens (including phenoxy) is 1. The van der Waals surface area contributed by atoms with E-state index in [1.807, 2.05) is 24.3 Å². The quantitative estimate of drug-likeness (QED) is 0.620. The molecule has 0 amide bonds. The molecule has 3 aromatic rings. The first-order chi connectivity index (χ1) is 10.6. The van der Waals surface area contributed by atoms with Gasteiger partial charge in [-0.3, -0.25) is 0 Å². The highest BCUT2D eigenvalue weighted by atomic mass is 35.5. The van der Waals surface area contributed by atoms with Crippen LogP contribution in [0.25, 0.3) is 22.2 Å². The molecule has 0 aliphatic carbocycles. The van der Waals surface area contributed by atoms with Gasteiger partial charge >= 0.3 is 5.97 Å². The molecule has 3 rings (SSSR count). The molecular weight excluding hydrogens is 321 g/mol. The number of pyridine rings is 1. The van der Waals surface area contributed by atoms with Crippen LogP contribution in [0.5, 0.6) is 0 Å². The van der Waals surface area contributed by atoms with Crippen molar-refractivity contribution in [1.82, 2.24) is 4.98 Å². The first-order valence-electron chi connectivity index (χ1n) is 6.53. The molecule has 1 heterocycles. The molecule has 1 aromatic heterocycles. The predicted molar refractivity (Wildman–Crippen MR) is 88.5 cm³/mol. The van der Waals surface area contributed by atoms with Crippen molar-refractivity contribution in [2.45, 2.75) is 0 Å². The number of hydrogen-bond donors (Lipinski definition) is 0. The van der Waals surface area contributed by atoms with Gasteiger partial charge in [0.25, 0.3) is 0 Å². The summed E-state index contributed by atoms with van der Waals surface area (Å²) in [7, 11) is 1.35. The van der Waals surface area contributed by atoms with Gasteiger partial charge in [0, 0.05) is 16.0 Å². The van der Waals surface area contributed by atoms with Gasteiger partial charge < -0.3 is 4.74 Å². The number of methoxy groups -OCH3 is 1. The number of hydrogen-bond acceptors (Lipinski definition) is 3. The van der Waals surface area contributed by atoms with Gasteiger partial charge in [-0.2, -0.15) is 0 Å². The lowest BCUT2D eigenvalue weighted by Gasteiger charge is -2.09. The Kier molecular flexibility index (Phi) is 4.01. The molecule has 0 bridgehead atoms. The van der Waals surface area contributed by atoms with Crippen molar-refractivity contribution >= 4 is 40.1 Å². The number of esters is 1. The van der Waals surface area contributed by atoms with Crippen LogP contribution in [0.1, 0.15) is 10.4 Å². The van der Waals surface area contributed by atoms with E-state index in [1.165, 1.54) is 7.11 Å². The fraction of sp³-hybridized carbons (Fsp3) is 0.0588. The van der Waals surface area contributed by atoms with E-state index in [0.717, 1.165) is 5.39 Å². The minimum atomic E-state index is -0.412. The molecule has 0 N–H and O–H groups in total. The Hall–Kier alpha value is -2.10. The average molecular weight is 332 g/mol. The number of rotatable bonds is 2. The summed E-state index contributed by atoms with van der Waals surface area (Å²) in [6.07, 6.45) is 0. The Bertz CT molecular complexity index is 878. The number of halogens is 2. The van der Waals surface area contributed by atoms with E-state index in [0.29, 0.717) is 32.4 Å². The summed E-state index contributed by atoms with van der Waals surface area (Å²) in [5, 5.41) is 1.76. The summed E-state index contributed by atoms with van der Waals surface area (Å²) in [4.78, 5) is 16.6. The van der Waals surface area contributed by atoms with Crippen LogP contribution in [0, 0.1) is 0 Å². The van der Waals surface area contributed by atoms with Gasteiger partial charge in [-0.15, -0.1) is 0 Å². The van der Waals surface area contributed by atoms with Crippen molar-refractivity contribution in [3.8, 4) is 11.3 Å². The van der Waals surface area contributed by atoms with Gasteiger partial charge in [-0.25, -0.2) is 9.78 Å². The van der Waals surface area contributed by atoms with Crippen molar-refractivity contribution in [1.29, 1.82) is 0 Å². The van der Waals surface area contributed by atoms with E-state index >= 15 is 0 Å². The highest BCUT2D eigenvalue weighted by Crippen LogP contribution is 2.31. The van der Waals surface area contributed by atoms with Gasteiger partial charge in [0.1, 0.15) is 0 Å². The Balaban J connectivity index is 2.29. The molecule has 0 atom stereocenters. The highest BCUT2D eigenvalue weighted by molar-refractivity contribution is 6.36. The summed E-state index contributed by atoms with van der Waals surface area (Å²) >= 11 is 12.2. The summed E-state index contributed by atoms with van der Waals surface area (Å²) in [5.41, 5.74) is 2.46. The summed E-state index contributed by atoms with van der Waals surface area (Å²) in [6.45, 7) is 0. The van der Waals surface area contributed by atoms with Gasteiger partial charge in [0.05, 0.1) is 28.9 Å². The molecule has 0 spiro atoms. The van der Waals surface area contributed by atoms with E-state index in [4.69, 9.17) is 27.9 Å². The molecule has 2 aromatic carbocycles. The van der Waals surface area contributed by atoms with Crippen LogP contribution in [0.2, 0.25) is 10.0 Å². The number of aromatic nitrogens is 1. The Morgan fingerprint density at radius 3 is 2.59 bits per heavy atom. The van der Waals surface area contributed by atoms with Crippen LogP contribution >= 0.6 is 23.2 Å². The third kappa shape index (κ3) is 2.65. The minimum absolute atomic E-state index is 0.412. The van der Waals surface area contributed by atoms with Gasteiger partial charge in [-0.1, -0.05) is 41.4 Å². The first kappa shape index (κ1) is 14.8. The zero-order valence-corrected chi connectivity index (χ0v) is 13.2. The second-order valence-corrected chi connectivity index (χ2v) is 5.53. The maximum atomic E-state index is 12.0. The van der Waals surface area contributed by atoms with Crippen molar-refractivity contribution in [3.05, 3.63) is 64.1 Å². The fourth-order valence-corrected chi connectivity index (χ4v) is 2.79. The van der Waals surface area contributed by atoms with Crippen molar-refractivity contribution in [3.63, 3.8) is 0 Å². The lowest BCUT2D eigenvalue weighted by atomic mass is 10.0. The number of fused-ring (bicyclic) bond motifs is 1. The first-order valence-corrected chi connectivity index (χ1v) is 7.29. The standard InChI is InChI=1S/C17H11Cl2NO2/c1-22-17(21)13-9-16(12-7-6-10(18)8-14(12)19)20-15-5-3-2-4-11(13)15/h2-9H,1H3. The zero-order chi connectivity index (χ0) is 15.7. The van der Waals surface area contributed by atoms with Crippen LogP contribution in [0.4, 0.5) is 0 Å². The lowest BCUT2D eigenvalue weighted by molar-refractivity contribution is 0.0603. The number of carbonyl (C=O) groups excluding carboxylic acids is 1. The highest BCUT2D eigenvalue weighted by Gasteiger charge is 2.15. The maximum Gasteiger partial charge on any atom is 0.338 e. The normalized spacial score (nSPS) is 10.7. The average Bonchev–Trinajstić information content (AvgIpc) is 2.53. The van der Waals surface area contributed by atoms with Crippen LogP contribution in [-0.2, 0) is 4.74 Å². The van der Waals surface area contributed by atoms with Crippen LogP contribution in [-0.4, -0.2) is 18.1 Å². The molecule has 0 saturated heterocycles. The minimum Gasteiger partial charge on any atom is -0.465 e. The molecular formula is C17H11Cl2NO2. The van der Waals surface area contributed by atoms with Crippen LogP contribution < -0.4 is 0 Å². The smallest absolute Gasteiger partial charge is 0.338 e. The molecule has 22 heavy (non-hydrogen) atoms. The molecule has 110 valence electrons. The Labute approximate surface area is 137 Å². The SMILES string of the molecule is COC(=O)c1cc(-c2ccc(Cl)cc2Cl)nc2ccccc12. The van der Waals surface area contributed by atoms with Crippen molar-refractivity contribution in [2.24, 2.45) is 0 Å². The van der Waals surface area contributed by atoms with Crippen molar-refractivity contribution < 1.29 is 9.53 Å². The molecule has 0 aliphatic rings. The topological polar surface area (TPSA) is 39.2 Å². The Morgan fingerprint density at radius 1 is 1.09 bits per heavy atom. The number of nitrogens with zero attached hydrogens (tertiary/aromatic N) is 1. The second-order valence-electron chi connectivity index (χ2n) is 4.69. The lowest BCUT2D eigenvalue weighted by Crippen LogP contribution is -2.03. The molecule has 0 aliphatic heterocycles. The second kappa shape index (κ2) is 5.95. The molecule has 0 saturated carbocycles. The number of benzene rings is 2. The summed E-state index contributed by atoms with van der Waals surface area (Å²) in [5.74, 6) is -0.412. The Morgan fingerprint density at radius 2 is 1.86 bits per heavy atom. The predicted octanol–water partition coefficient (Wildman–Crippen LogP) is 5.00. The molecule has 5 heteroatoms.